The molecule has 0 aromatic rings. The standard InChI is InChI=1S/C23H37N3O9S/c1-12(2)14-6-5-13(3)9-18(14)35-22(32)17(27)11-36-10-16(20(29)26(4)23(33)34)25-19(28)8-7-15(24)21(30)31/h12-16,18H,5-11,24H2,1-4H3,(H,25,28)(H,30,31)(H,33,34). The van der Waals surface area contributed by atoms with E-state index in [9.17, 15) is 28.8 Å². The molecule has 1 saturated carbocycles. The van der Waals surface area contributed by atoms with Crippen LogP contribution in [0.1, 0.15) is 52.9 Å². The molecule has 1 aliphatic rings. The molecule has 0 aliphatic heterocycles. The minimum Gasteiger partial charge on any atom is -0.480 e. The zero-order chi connectivity index (χ0) is 27.6. The lowest BCUT2D eigenvalue weighted by Gasteiger charge is -2.36. The molecule has 1 fully saturated rings. The smallest absolute Gasteiger partial charge is 0.413 e. The average molecular weight is 532 g/mol. The first-order valence-electron chi connectivity index (χ1n) is 11.8. The van der Waals surface area contributed by atoms with Gasteiger partial charge in [0.2, 0.25) is 11.7 Å². The van der Waals surface area contributed by atoms with Crippen LogP contribution in [0.15, 0.2) is 0 Å². The number of nitrogens with one attached hydrogen (secondary N) is 1. The molecular weight excluding hydrogens is 494 g/mol. The van der Waals surface area contributed by atoms with Crippen molar-refractivity contribution < 1.29 is 43.7 Å². The number of nitrogens with two attached hydrogens (primary N) is 1. The lowest BCUT2D eigenvalue weighted by Crippen LogP contribution is -2.50. The molecule has 0 radical (unpaired) electrons. The van der Waals surface area contributed by atoms with Crippen molar-refractivity contribution in [3.05, 3.63) is 0 Å². The lowest BCUT2D eigenvalue weighted by atomic mass is 9.75. The Morgan fingerprint density at radius 1 is 1.14 bits per heavy atom. The number of amides is 3. The van der Waals surface area contributed by atoms with Gasteiger partial charge in [0.05, 0.1) is 5.75 Å². The molecule has 0 aromatic carbocycles. The largest absolute Gasteiger partial charge is 0.480 e. The number of carbonyl (C=O) groups is 6. The fourth-order valence-corrected chi connectivity index (χ4v) is 4.84. The van der Waals surface area contributed by atoms with Gasteiger partial charge in [0.25, 0.3) is 5.91 Å². The number of imide groups is 1. The number of carbonyl (C=O) groups excluding carboxylic acids is 4. The molecule has 36 heavy (non-hydrogen) atoms. The summed E-state index contributed by atoms with van der Waals surface area (Å²) in [5, 5.41) is 20.2. The number of aliphatic carboxylic acids is 1. The highest BCUT2D eigenvalue weighted by Crippen LogP contribution is 2.35. The number of thioether (sulfide) groups is 1. The van der Waals surface area contributed by atoms with E-state index >= 15 is 0 Å². The van der Waals surface area contributed by atoms with Gasteiger partial charge in [0.1, 0.15) is 18.2 Å². The number of hydrogen-bond acceptors (Lipinski definition) is 9. The van der Waals surface area contributed by atoms with Crippen LogP contribution >= 0.6 is 11.8 Å². The third-order valence-corrected chi connectivity index (χ3v) is 7.25. The summed E-state index contributed by atoms with van der Waals surface area (Å²) in [7, 11) is 1.01. The van der Waals surface area contributed by atoms with Gasteiger partial charge in [-0.15, -0.1) is 0 Å². The van der Waals surface area contributed by atoms with Crippen molar-refractivity contribution in [2.75, 3.05) is 18.6 Å². The van der Waals surface area contributed by atoms with Crippen molar-refractivity contribution in [2.24, 2.45) is 23.5 Å². The van der Waals surface area contributed by atoms with E-state index in [4.69, 9.17) is 20.7 Å². The Kier molecular flexibility index (Phi) is 12.9. The van der Waals surface area contributed by atoms with E-state index in [-0.39, 0.29) is 36.4 Å². The molecular formula is C23H37N3O9S. The zero-order valence-electron chi connectivity index (χ0n) is 21.1. The highest BCUT2D eigenvalue weighted by molar-refractivity contribution is 8.00. The van der Waals surface area contributed by atoms with Crippen molar-refractivity contribution in [2.45, 2.75) is 71.1 Å². The molecule has 5 N–H and O–H groups in total. The molecule has 1 rings (SSSR count). The van der Waals surface area contributed by atoms with Gasteiger partial charge in [-0.1, -0.05) is 27.2 Å². The molecule has 0 bridgehead atoms. The maximum atomic E-state index is 12.5. The van der Waals surface area contributed by atoms with Crippen LogP contribution in [-0.4, -0.2) is 87.5 Å². The van der Waals surface area contributed by atoms with E-state index in [1.807, 2.05) is 13.8 Å². The summed E-state index contributed by atoms with van der Waals surface area (Å²) in [5.74, 6) is -4.36. The Hall–Kier alpha value is -2.67. The van der Waals surface area contributed by atoms with Gasteiger partial charge in [0, 0.05) is 19.2 Å². The predicted molar refractivity (Wildman–Crippen MR) is 131 cm³/mol. The van der Waals surface area contributed by atoms with Crippen LogP contribution in [0.3, 0.4) is 0 Å². The Labute approximate surface area is 214 Å². The average Bonchev–Trinajstić information content (AvgIpc) is 2.80. The van der Waals surface area contributed by atoms with Crippen LogP contribution < -0.4 is 11.1 Å². The highest BCUT2D eigenvalue weighted by Gasteiger charge is 2.35. The van der Waals surface area contributed by atoms with E-state index in [0.29, 0.717) is 23.2 Å². The molecule has 3 amide bonds. The first-order chi connectivity index (χ1) is 16.7. The van der Waals surface area contributed by atoms with Gasteiger partial charge in [-0.2, -0.15) is 11.8 Å². The topological polar surface area (TPSA) is 193 Å². The minimum atomic E-state index is -1.54. The van der Waals surface area contributed by atoms with Crippen LogP contribution in [0.4, 0.5) is 4.79 Å². The molecule has 0 heterocycles. The maximum absolute atomic E-state index is 12.5. The number of carboxylic acid groups (broad SMARTS) is 2. The monoisotopic (exact) mass is 531 g/mol. The molecule has 5 atom stereocenters. The fourth-order valence-electron chi connectivity index (χ4n) is 3.96. The summed E-state index contributed by atoms with van der Waals surface area (Å²) in [6.45, 7) is 6.17. The molecule has 0 spiro atoms. The number of esters is 1. The maximum Gasteiger partial charge on any atom is 0.413 e. The van der Waals surface area contributed by atoms with E-state index in [0.717, 1.165) is 31.7 Å². The van der Waals surface area contributed by atoms with Crippen LogP contribution in [0.5, 0.6) is 0 Å². The lowest BCUT2D eigenvalue weighted by molar-refractivity contribution is -0.162. The third-order valence-electron chi connectivity index (χ3n) is 6.22. The first-order valence-corrected chi connectivity index (χ1v) is 13.0. The molecule has 0 aromatic heterocycles. The quantitative estimate of drug-likeness (QED) is 0.196. The highest BCUT2D eigenvalue weighted by atomic mass is 32.2. The Bertz CT molecular complexity index is 836. The molecule has 12 nitrogen and oxygen atoms in total. The third kappa shape index (κ3) is 10.1. The van der Waals surface area contributed by atoms with E-state index in [1.54, 1.807) is 0 Å². The summed E-state index contributed by atoms with van der Waals surface area (Å²) >= 11 is 0.872. The van der Waals surface area contributed by atoms with Gasteiger partial charge in [0.15, 0.2) is 0 Å². The molecule has 1 aliphatic carbocycles. The predicted octanol–water partition coefficient (Wildman–Crippen LogP) is 1.11. The van der Waals surface area contributed by atoms with Crippen LogP contribution in [-0.2, 0) is 28.7 Å². The number of hydrogen-bond donors (Lipinski definition) is 4. The van der Waals surface area contributed by atoms with E-state index in [2.05, 4.69) is 12.2 Å². The molecule has 5 unspecified atom stereocenters. The van der Waals surface area contributed by atoms with Crippen LogP contribution in [0.2, 0.25) is 0 Å². The summed E-state index contributed by atoms with van der Waals surface area (Å²) in [6.07, 6.45) is 0.257. The number of likely N-dealkylation sites (N-methyl/N-ethyl adjacent to an activating group) is 1. The Balaban J connectivity index is 2.70. The number of ether oxygens (including phenoxy) is 1. The summed E-state index contributed by atoms with van der Waals surface area (Å²) in [6, 6.07) is -2.59. The fraction of sp³-hybridized carbons (Fsp3) is 0.739. The summed E-state index contributed by atoms with van der Waals surface area (Å²) in [4.78, 5) is 71.8. The first kappa shape index (κ1) is 31.4. The number of ketones is 1. The molecule has 204 valence electrons. The van der Waals surface area contributed by atoms with Gasteiger partial charge < -0.3 is 26.0 Å². The second-order valence-corrected chi connectivity index (χ2v) is 10.5. The van der Waals surface area contributed by atoms with Crippen molar-refractivity contribution in [3.8, 4) is 0 Å². The molecule has 0 saturated heterocycles. The second-order valence-electron chi connectivity index (χ2n) is 9.49. The zero-order valence-corrected chi connectivity index (χ0v) is 21.9. The van der Waals surface area contributed by atoms with Gasteiger partial charge in [-0.25, -0.2) is 14.5 Å². The van der Waals surface area contributed by atoms with E-state index < -0.39 is 47.7 Å². The number of carboxylic acids is 1. The molecule has 13 heteroatoms. The normalized spacial score (nSPS) is 21.2. The summed E-state index contributed by atoms with van der Waals surface area (Å²) < 4.78 is 5.53. The Morgan fingerprint density at radius 3 is 2.33 bits per heavy atom. The van der Waals surface area contributed by atoms with Gasteiger partial charge in [-0.3, -0.25) is 19.2 Å². The Morgan fingerprint density at radius 2 is 1.78 bits per heavy atom. The van der Waals surface area contributed by atoms with Crippen molar-refractivity contribution in [3.63, 3.8) is 0 Å². The number of rotatable bonds is 13. The summed E-state index contributed by atoms with van der Waals surface area (Å²) in [5.41, 5.74) is 5.37. The van der Waals surface area contributed by atoms with Crippen LogP contribution in [0, 0.1) is 17.8 Å². The van der Waals surface area contributed by atoms with Crippen molar-refractivity contribution in [1.29, 1.82) is 0 Å². The second kappa shape index (κ2) is 14.8. The van der Waals surface area contributed by atoms with Gasteiger partial charge >= 0.3 is 18.0 Å². The van der Waals surface area contributed by atoms with E-state index in [1.165, 1.54) is 0 Å². The van der Waals surface area contributed by atoms with Crippen LogP contribution in [0.25, 0.3) is 0 Å². The minimum absolute atomic E-state index is 0.170. The SMILES string of the molecule is CC1CCC(C(C)C)C(OC(=O)C(=O)CSCC(NC(=O)CCC(N)C(=O)O)C(=O)N(C)C(=O)O)C1. The van der Waals surface area contributed by atoms with Crippen molar-refractivity contribution in [1.82, 2.24) is 10.2 Å². The van der Waals surface area contributed by atoms with Gasteiger partial charge in [-0.05, 0) is 37.0 Å². The van der Waals surface area contributed by atoms with Crippen molar-refractivity contribution >= 4 is 47.4 Å². The number of nitrogens with zero attached hydrogens (tertiary/aromatic N) is 1. The number of Topliss-reactive ketones (excluding diaryl/α,β-unsaturated/α-hetero) is 1.